The summed E-state index contributed by atoms with van der Waals surface area (Å²) in [4.78, 5) is 85.8. The van der Waals surface area contributed by atoms with E-state index < -0.39 is 123 Å². The normalized spacial score (nSPS) is 29.5. The van der Waals surface area contributed by atoms with Crippen molar-refractivity contribution in [1.29, 1.82) is 0 Å². The number of phenolic OH excluding ortho intramolecular Hbond substituents is 1. The molecule has 394 valence electrons. The largest absolute Gasteiger partial charge is 0.508 e. The molecule has 1 aromatic heterocycles. The molecule has 2 aliphatic carbocycles. The Bertz CT molecular complexity index is 3070. The number of Topliss-reactive ketones (excluding diaryl/α,β-unsaturated/α-hetero) is 3. The second-order valence-corrected chi connectivity index (χ2v) is 20.5. The maximum absolute atomic E-state index is 15.9. The van der Waals surface area contributed by atoms with E-state index >= 15 is 9.18 Å². The van der Waals surface area contributed by atoms with Crippen LogP contribution in [0.15, 0.2) is 77.2 Å². The lowest BCUT2D eigenvalue weighted by Gasteiger charge is -2.41. The summed E-state index contributed by atoms with van der Waals surface area (Å²) in [5, 5.41) is 50.6. The Balaban J connectivity index is 1.14. The number of halogens is 1. The summed E-state index contributed by atoms with van der Waals surface area (Å²) in [6, 6.07) is 2.82. The fraction of sp³-hybridized carbons (Fsp3) is 0.455. The van der Waals surface area contributed by atoms with Crippen LogP contribution in [-0.4, -0.2) is 111 Å². The van der Waals surface area contributed by atoms with Crippen molar-refractivity contribution in [3.05, 3.63) is 116 Å². The molecule has 3 aromatic rings. The zero-order valence-corrected chi connectivity index (χ0v) is 42.8. The molecule has 19 heteroatoms. The van der Waals surface area contributed by atoms with Crippen molar-refractivity contribution in [2.45, 2.75) is 104 Å². The number of anilines is 1. The molecule has 0 radical (unpaired) electrons. The Kier molecular flexibility index (Phi) is 14.6. The molecule has 2 fully saturated rings. The third-order valence-corrected chi connectivity index (χ3v) is 15.2. The number of carbonyl (C=O) groups is 5. The summed E-state index contributed by atoms with van der Waals surface area (Å²) >= 11 is 0. The molecular formula is C55H63FN4O14. The summed E-state index contributed by atoms with van der Waals surface area (Å²) in [6.45, 7) is 16.2. The number of benzene rings is 2. The van der Waals surface area contributed by atoms with E-state index in [4.69, 9.17) is 18.9 Å². The van der Waals surface area contributed by atoms with E-state index in [0.29, 0.717) is 5.52 Å². The van der Waals surface area contributed by atoms with E-state index in [-0.39, 0.29) is 76.4 Å². The van der Waals surface area contributed by atoms with Crippen molar-refractivity contribution in [2.75, 3.05) is 31.6 Å². The Hall–Kier alpha value is -7.09. The van der Waals surface area contributed by atoms with Gasteiger partial charge in [0.05, 0.1) is 58.0 Å². The van der Waals surface area contributed by atoms with Gasteiger partial charge in [0.1, 0.15) is 40.6 Å². The van der Waals surface area contributed by atoms with Crippen LogP contribution in [0.3, 0.4) is 0 Å². The molecule has 0 spiro atoms. The van der Waals surface area contributed by atoms with Crippen LogP contribution in [0.4, 0.5) is 10.1 Å². The predicted octanol–water partition coefficient (Wildman–Crippen LogP) is 6.00. The molecule has 9 atom stereocenters. The number of nitrogens with one attached hydrogen (secondary N) is 2. The van der Waals surface area contributed by atoms with Gasteiger partial charge in [0, 0.05) is 98.9 Å². The molecule has 74 heavy (non-hydrogen) atoms. The average molecular weight is 1020 g/mol. The van der Waals surface area contributed by atoms with E-state index in [1.54, 1.807) is 50.9 Å². The van der Waals surface area contributed by atoms with E-state index in [0.717, 1.165) is 25.2 Å². The summed E-state index contributed by atoms with van der Waals surface area (Å²) in [5.74, 6) is -11.3. The molecule has 6 N–H and O–H groups in total. The topological polar surface area (TPSA) is 252 Å². The molecule has 4 aliphatic heterocycles. The van der Waals surface area contributed by atoms with Crippen LogP contribution in [0.1, 0.15) is 110 Å². The van der Waals surface area contributed by atoms with Gasteiger partial charge in [-0.1, -0.05) is 52.5 Å². The Morgan fingerprint density at radius 1 is 0.973 bits per heavy atom. The molecule has 2 aromatic carbocycles. The van der Waals surface area contributed by atoms with Gasteiger partial charge in [0.15, 0.2) is 5.43 Å². The number of allylic oxidation sites excluding steroid dienone is 4. The first-order chi connectivity index (χ1) is 34.9. The van der Waals surface area contributed by atoms with Crippen LogP contribution in [0.2, 0.25) is 0 Å². The van der Waals surface area contributed by atoms with Gasteiger partial charge in [-0.3, -0.25) is 28.8 Å². The molecule has 1 saturated carbocycles. The lowest BCUT2D eigenvalue weighted by molar-refractivity contribution is -0.160. The number of aromatic nitrogens is 1. The highest BCUT2D eigenvalue weighted by Gasteiger charge is 2.53. The third-order valence-electron chi connectivity index (χ3n) is 15.2. The van der Waals surface area contributed by atoms with Crippen LogP contribution in [-0.2, 0) is 23.8 Å². The van der Waals surface area contributed by atoms with E-state index in [1.165, 1.54) is 53.0 Å². The molecule has 9 rings (SSSR count). The number of hydrogen-bond donors (Lipinski definition) is 6. The zero-order chi connectivity index (χ0) is 54.0. The first-order valence-electron chi connectivity index (χ1n) is 24.7. The number of pyridine rings is 1. The minimum Gasteiger partial charge on any atom is -0.508 e. The minimum atomic E-state index is -2.16. The number of aliphatic hydroxyl groups is 3. The van der Waals surface area contributed by atoms with Crippen LogP contribution in [0.5, 0.6) is 11.5 Å². The smallest absolute Gasteiger partial charge is 0.312 e. The molecule has 1 saturated heterocycles. The molecule has 6 aliphatic rings. The number of ether oxygens (including phenoxy) is 4. The fourth-order valence-electron chi connectivity index (χ4n) is 10.5. The first-order valence-corrected chi connectivity index (χ1v) is 24.7. The van der Waals surface area contributed by atoms with Gasteiger partial charge >= 0.3 is 11.8 Å². The number of hydrogen-bond acceptors (Lipinski definition) is 16. The highest BCUT2D eigenvalue weighted by atomic mass is 19.1. The summed E-state index contributed by atoms with van der Waals surface area (Å²) in [6.07, 6.45) is 6.29. The van der Waals surface area contributed by atoms with Gasteiger partial charge in [-0.2, -0.15) is 0 Å². The minimum absolute atomic E-state index is 0.0121. The van der Waals surface area contributed by atoms with Gasteiger partial charge < -0.3 is 59.5 Å². The molecule has 5 bridgehead atoms. The van der Waals surface area contributed by atoms with Gasteiger partial charge in [-0.25, -0.2) is 4.39 Å². The summed E-state index contributed by atoms with van der Waals surface area (Å²) in [7, 11) is 1.40. The first kappa shape index (κ1) is 53.2. The highest BCUT2D eigenvalue weighted by Crippen LogP contribution is 2.49. The van der Waals surface area contributed by atoms with Crippen molar-refractivity contribution in [1.82, 2.24) is 15.2 Å². The van der Waals surface area contributed by atoms with E-state index in [9.17, 15) is 44.4 Å². The van der Waals surface area contributed by atoms with Crippen LogP contribution in [0, 0.1) is 42.3 Å². The molecule has 18 nitrogen and oxygen atoms in total. The number of aliphatic hydroxyl groups excluding tert-OH is 3. The summed E-state index contributed by atoms with van der Waals surface area (Å²) < 4.78 is 41.4. The number of aromatic hydroxyl groups is 1. The number of methoxy groups -OCH3 is 1. The Labute approximate surface area is 426 Å². The van der Waals surface area contributed by atoms with Gasteiger partial charge in [0.25, 0.3) is 11.7 Å². The van der Waals surface area contributed by atoms with Crippen molar-refractivity contribution in [2.24, 2.45) is 29.6 Å². The maximum Gasteiger partial charge on any atom is 0.312 e. The Morgan fingerprint density at radius 2 is 1.66 bits per heavy atom. The standard InChI is InChI=1S/C55H63FN4O14/c1-24-12-11-13-25(2)54(70)58-44-43(57-20-32-21-59(22-32)38-19-37-34(18-36(38)56)48(66)35(30(7)61)23-60(37)33-14-15-33)49(67)40-41(50(44)68)47(65)29(6)52-42(40)53(69)55(9,74-52)72-17-16-39(71-10)26(3)51(73-31(8)62)28(5)46(64)27(4)45(24)63/h11-13,16-19,23-24,26-28,32-33,39,45-46,51,57,61,63-65H,7,14-15,20-22H2,1-6,8-10H3,(H,58,70)/b12-11+,17-16+,25-13-/t24-,26+,27+,28+,39-,45-,46+,51+,55-/m0/s1. The predicted molar refractivity (Wildman–Crippen MR) is 270 cm³/mol. The summed E-state index contributed by atoms with van der Waals surface area (Å²) in [5.41, 5.74) is -2.09. The van der Waals surface area contributed by atoms with E-state index in [2.05, 4.69) is 17.2 Å². The number of amides is 1. The number of phenols is 1. The van der Waals surface area contributed by atoms with Crippen LogP contribution >= 0.6 is 0 Å². The van der Waals surface area contributed by atoms with Crippen molar-refractivity contribution < 1.29 is 67.7 Å². The maximum atomic E-state index is 15.9. The number of carbonyl (C=O) groups excluding carboxylic acids is 5. The van der Waals surface area contributed by atoms with Crippen LogP contribution < -0.4 is 25.7 Å². The number of esters is 1. The molecular weight excluding hydrogens is 960 g/mol. The van der Waals surface area contributed by atoms with Gasteiger partial charge in [-0.15, -0.1) is 0 Å². The lowest BCUT2D eigenvalue weighted by Crippen LogP contribution is -2.52. The number of rotatable bonds is 8. The number of nitrogens with zero attached hydrogens (tertiary/aromatic N) is 2. The monoisotopic (exact) mass is 1020 g/mol. The van der Waals surface area contributed by atoms with Crippen molar-refractivity contribution in [3.8, 4) is 11.5 Å². The van der Waals surface area contributed by atoms with E-state index in [1.807, 2.05) is 4.57 Å². The number of ketones is 3. The second-order valence-electron chi connectivity index (χ2n) is 20.5. The molecule has 1 amide bonds. The molecule has 5 heterocycles. The van der Waals surface area contributed by atoms with Crippen molar-refractivity contribution >= 4 is 51.6 Å². The zero-order valence-electron chi connectivity index (χ0n) is 42.8. The fourth-order valence-corrected chi connectivity index (χ4v) is 10.5. The third kappa shape index (κ3) is 9.52. The second kappa shape index (κ2) is 20.3. The Morgan fingerprint density at radius 3 is 2.30 bits per heavy atom. The van der Waals surface area contributed by atoms with Gasteiger partial charge in [0.2, 0.25) is 11.6 Å². The number of fused-ring (bicyclic) bond motifs is 15. The van der Waals surface area contributed by atoms with Crippen LogP contribution in [0.25, 0.3) is 16.7 Å². The highest BCUT2D eigenvalue weighted by molar-refractivity contribution is 6.32. The average Bonchev–Trinajstić information content (AvgIpc) is 4.15. The van der Waals surface area contributed by atoms with Crippen molar-refractivity contribution in [3.63, 3.8) is 0 Å². The molecule has 0 unspecified atom stereocenters. The quantitative estimate of drug-likeness (QED) is 0.112. The lowest BCUT2D eigenvalue weighted by atomic mass is 9.78. The van der Waals surface area contributed by atoms with Gasteiger partial charge in [-0.05, 0) is 44.9 Å². The SMILES string of the molecule is C=C(O)c1cn(C2CC2)c2cc(N3CC(CNC4=C5NC(=O)/C(C)=C\C=C\[C@H](C)[C@H](O)[C@@H](C)[C@@H](O)[C@@H](C)[C@H](OC(C)=O)[C@H](C)[C@@H](OC)/C=C/O[C@@]6(C)Oc7c(C)c(O)c(c(c7C6=O)C4=O)C5=O)C3)c(F)cc2c1=O.